The number of aliphatic hydroxyl groups is 1. The summed E-state index contributed by atoms with van der Waals surface area (Å²) in [5.74, 6) is -2.53. The first-order valence-corrected chi connectivity index (χ1v) is 10.8. The molecule has 4 rings (SSSR count). The highest BCUT2D eigenvalue weighted by Crippen LogP contribution is 2.45. The van der Waals surface area contributed by atoms with Crippen molar-refractivity contribution in [3.05, 3.63) is 94.8 Å². The summed E-state index contributed by atoms with van der Waals surface area (Å²) in [6, 6.07) is 16.3. The van der Waals surface area contributed by atoms with Crippen LogP contribution in [0.15, 0.2) is 72.3 Å². The molecule has 1 heterocycles. The summed E-state index contributed by atoms with van der Waals surface area (Å²) < 4.78 is 19.4. The Hall–Kier alpha value is -4.46. The fourth-order valence-electron chi connectivity index (χ4n) is 4.17. The third kappa shape index (κ3) is 4.38. The molecule has 8 heteroatoms. The third-order valence-corrected chi connectivity index (χ3v) is 5.75. The molecule has 0 aromatic heterocycles. The Bertz CT molecular complexity index is 1380. The zero-order chi connectivity index (χ0) is 25.3. The molecule has 1 aliphatic heterocycles. The maximum atomic E-state index is 13.9. The summed E-state index contributed by atoms with van der Waals surface area (Å²) in [5, 5.41) is 13.9. The molecule has 0 bridgehead atoms. The highest BCUT2D eigenvalue weighted by atomic mass is 19.1. The first-order chi connectivity index (χ1) is 16.7. The molecule has 7 nitrogen and oxygen atoms in total. The lowest BCUT2D eigenvalue weighted by molar-refractivity contribution is -0.132. The van der Waals surface area contributed by atoms with E-state index in [-0.39, 0.29) is 22.6 Å². The monoisotopic (exact) mass is 474 g/mol. The van der Waals surface area contributed by atoms with Gasteiger partial charge in [0.15, 0.2) is 0 Å². The summed E-state index contributed by atoms with van der Waals surface area (Å²) in [6.07, 6.45) is 0. The standard InChI is InChI=1S/C27H23FN2O5/c1-15-13-17(11-12-21(15)28)25(32)23-24(20-9-4-5-10-22(20)35-3)30(27(34)26(23)33)19-8-6-7-18(14-19)29-16(2)31/h4-14,24,32H,1-3H3,(H,29,31)/b25-23+. The van der Waals surface area contributed by atoms with Gasteiger partial charge < -0.3 is 15.2 Å². The molecule has 178 valence electrons. The average molecular weight is 474 g/mol. The van der Waals surface area contributed by atoms with Gasteiger partial charge >= 0.3 is 0 Å². The third-order valence-electron chi connectivity index (χ3n) is 5.75. The topological polar surface area (TPSA) is 95.9 Å². The largest absolute Gasteiger partial charge is 0.507 e. The number of methoxy groups -OCH3 is 1. The SMILES string of the molecule is COc1ccccc1C1/C(=C(\O)c2ccc(F)c(C)c2)C(=O)C(=O)N1c1cccc(NC(C)=O)c1. The molecule has 3 aromatic rings. The molecule has 3 aromatic carbocycles. The number of ketones is 1. The van der Waals surface area contributed by atoms with Gasteiger partial charge in [-0.2, -0.15) is 0 Å². The van der Waals surface area contributed by atoms with E-state index < -0.39 is 29.3 Å². The lowest BCUT2D eigenvalue weighted by atomic mass is 9.94. The normalized spacial score (nSPS) is 16.9. The van der Waals surface area contributed by atoms with Gasteiger partial charge in [-0.3, -0.25) is 19.3 Å². The number of para-hydroxylation sites is 1. The van der Waals surface area contributed by atoms with E-state index in [4.69, 9.17) is 4.74 Å². The quantitative estimate of drug-likeness (QED) is 0.317. The Kier molecular flexibility index (Phi) is 6.38. The Morgan fingerprint density at radius 2 is 1.80 bits per heavy atom. The molecule has 1 aliphatic rings. The molecular formula is C27H23FN2O5. The van der Waals surface area contributed by atoms with Crippen molar-refractivity contribution in [3.8, 4) is 5.75 Å². The minimum absolute atomic E-state index is 0.157. The number of nitrogens with one attached hydrogen (secondary N) is 1. The fraction of sp³-hybridized carbons (Fsp3) is 0.148. The molecule has 0 aliphatic carbocycles. The van der Waals surface area contributed by atoms with Crippen molar-refractivity contribution in [1.29, 1.82) is 0 Å². The van der Waals surface area contributed by atoms with Gasteiger partial charge in [-0.25, -0.2) is 4.39 Å². The first kappa shape index (κ1) is 23.7. The van der Waals surface area contributed by atoms with E-state index >= 15 is 0 Å². The molecule has 0 radical (unpaired) electrons. The second-order valence-corrected chi connectivity index (χ2v) is 8.11. The molecular weight excluding hydrogens is 451 g/mol. The van der Waals surface area contributed by atoms with Gasteiger partial charge in [0, 0.05) is 29.4 Å². The van der Waals surface area contributed by atoms with E-state index in [1.54, 1.807) is 48.5 Å². The number of aryl methyl sites for hydroxylation is 1. The number of benzene rings is 3. The van der Waals surface area contributed by atoms with Crippen LogP contribution < -0.4 is 15.0 Å². The van der Waals surface area contributed by atoms with Crippen LogP contribution in [0, 0.1) is 12.7 Å². The van der Waals surface area contributed by atoms with Crippen molar-refractivity contribution in [3.63, 3.8) is 0 Å². The number of carbonyl (C=O) groups is 3. The lowest BCUT2D eigenvalue weighted by Crippen LogP contribution is -2.29. The summed E-state index contributed by atoms with van der Waals surface area (Å²) >= 11 is 0. The van der Waals surface area contributed by atoms with Crippen LogP contribution in [-0.4, -0.2) is 29.8 Å². The molecule has 35 heavy (non-hydrogen) atoms. The Labute approximate surface area is 201 Å². The summed E-state index contributed by atoms with van der Waals surface area (Å²) in [4.78, 5) is 39.4. The van der Waals surface area contributed by atoms with Crippen LogP contribution >= 0.6 is 0 Å². The van der Waals surface area contributed by atoms with E-state index in [0.717, 1.165) is 0 Å². The second kappa shape index (κ2) is 9.42. The predicted octanol–water partition coefficient (Wildman–Crippen LogP) is 4.73. The highest BCUT2D eigenvalue weighted by Gasteiger charge is 2.48. The van der Waals surface area contributed by atoms with E-state index in [0.29, 0.717) is 22.7 Å². The van der Waals surface area contributed by atoms with Crippen molar-refractivity contribution in [1.82, 2.24) is 0 Å². The number of hydrogen-bond acceptors (Lipinski definition) is 5. The number of Topliss-reactive ketones (excluding diaryl/α,β-unsaturated/α-hetero) is 1. The van der Waals surface area contributed by atoms with Crippen molar-refractivity contribution in [2.75, 3.05) is 17.3 Å². The number of hydrogen-bond donors (Lipinski definition) is 2. The van der Waals surface area contributed by atoms with E-state index in [9.17, 15) is 23.9 Å². The summed E-state index contributed by atoms with van der Waals surface area (Å²) in [6.45, 7) is 2.90. The van der Waals surface area contributed by atoms with Gasteiger partial charge in [0.1, 0.15) is 17.3 Å². The molecule has 1 fully saturated rings. The van der Waals surface area contributed by atoms with Gasteiger partial charge in [-0.1, -0.05) is 24.3 Å². The Morgan fingerprint density at radius 1 is 1.06 bits per heavy atom. The minimum Gasteiger partial charge on any atom is -0.507 e. The van der Waals surface area contributed by atoms with Crippen LogP contribution in [0.1, 0.15) is 29.7 Å². The Morgan fingerprint density at radius 3 is 2.49 bits per heavy atom. The molecule has 0 saturated carbocycles. The molecule has 1 saturated heterocycles. The molecule has 1 atom stereocenters. The van der Waals surface area contributed by atoms with Gasteiger partial charge in [-0.05, 0) is 55.0 Å². The van der Waals surface area contributed by atoms with Crippen molar-refractivity contribution >= 4 is 34.7 Å². The zero-order valence-corrected chi connectivity index (χ0v) is 19.3. The van der Waals surface area contributed by atoms with Crippen LogP contribution in [0.4, 0.5) is 15.8 Å². The average Bonchev–Trinajstić information content (AvgIpc) is 3.10. The smallest absolute Gasteiger partial charge is 0.300 e. The number of anilines is 2. The minimum atomic E-state index is -1.04. The van der Waals surface area contributed by atoms with Crippen LogP contribution in [0.25, 0.3) is 5.76 Å². The number of carbonyl (C=O) groups excluding carboxylic acids is 3. The second-order valence-electron chi connectivity index (χ2n) is 8.11. The maximum Gasteiger partial charge on any atom is 0.300 e. The van der Waals surface area contributed by atoms with Crippen LogP contribution in [0.3, 0.4) is 0 Å². The summed E-state index contributed by atoms with van der Waals surface area (Å²) in [7, 11) is 1.46. The molecule has 1 unspecified atom stereocenters. The molecule has 2 amide bonds. The molecule has 2 N–H and O–H groups in total. The number of halogens is 1. The van der Waals surface area contributed by atoms with Gasteiger partial charge in [0.05, 0.1) is 18.7 Å². The zero-order valence-electron chi connectivity index (χ0n) is 19.3. The number of ether oxygens (including phenoxy) is 1. The first-order valence-electron chi connectivity index (χ1n) is 10.8. The van der Waals surface area contributed by atoms with Crippen LogP contribution in [0.2, 0.25) is 0 Å². The van der Waals surface area contributed by atoms with E-state index in [1.807, 2.05) is 0 Å². The van der Waals surface area contributed by atoms with Gasteiger partial charge in [0.2, 0.25) is 5.91 Å². The van der Waals surface area contributed by atoms with E-state index in [2.05, 4.69) is 5.32 Å². The van der Waals surface area contributed by atoms with Gasteiger partial charge in [0.25, 0.3) is 11.7 Å². The Balaban J connectivity index is 1.97. The fourth-order valence-corrected chi connectivity index (χ4v) is 4.17. The van der Waals surface area contributed by atoms with Crippen molar-refractivity contribution in [2.24, 2.45) is 0 Å². The maximum absolute atomic E-state index is 13.9. The number of aliphatic hydroxyl groups excluding tert-OH is 1. The van der Waals surface area contributed by atoms with Crippen LogP contribution in [0.5, 0.6) is 5.75 Å². The number of rotatable bonds is 5. The lowest BCUT2D eigenvalue weighted by Gasteiger charge is -2.27. The summed E-state index contributed by atoms with van der Waals surface area (Å²) in [5.41, 5.74) is 1.57. The van der Waals surface area contributed by atoms with Gasteiger partial charge in [-0.15, -0.1) is 0 Å². The molecule has 0 spiro atoms. The number of nitrogens with zero attached hydrogens (tertiary/aromatic N) is 1. The van der Waals surface area contributed by atoms with Crippen molar-refractivity contribution < 1.29 is 28.6 Å². The van der Waals surface area contributed by atoms with Crippen LogP contribution in [-0.2, 0) is 14.4 Å². The highest BCUT2D eigenvalue weighted by molar-refractivity contribution is 6.51. The number of amides is 2. The van der Waals surface area contributed by atoms with E-state index in [1.165, 1.54) is 44.1 Å². The predicted molar refractivity (Wildman–Crippen MR) is 130 cm³/mol. The van der Waals surface area contributed by atoms with Crippen molar-refractivity contribution in [2.45, 2.75) is 19.9 Å².